The summed E-state index contributed by atoms with van der Waals surface area (Å²) in [5.41, 5.74) is 2.18. The number of hydrogen-bond donors (Lipinski definition) is 1. The molecule has 1 aliphatic rings. The minimum atomic E-state index is -0.0212. The summed E-state index contributed by atoms with van der Waals surface area (Å²) in [5.74, 6) is 1.51. The van der Waals surface area contributed by atoms with Gasteiger partial charge in [0.1, 0.15) is 0 Å². The fourth-order valence-electron chi connectivity index (χ4n) is 1.83. The molecule has 0 saturated heterocycles. The standard InChI is InChI=1S/C13H17NO2/c1-13(2)6-5-9-7-11(15-3)12(16-4)8-10(9)14-13/h5-8,14H,1-4H3. The van der Waals surface area contributed by atoms with Crippen molar-refractivity contribution >= 4 is 11.8 Å². The van der Waals surface area contributed by atoms with Crippen molar-refractivity contribution in [1.29, 1.82) is 0 Å². The first-order chi connectivity index (χ1) is 7.55. The Morgan fingerprint density at radius 1 is 1.06 bits per heavy atom. The molecule has 0 bridgehead atoms. The molecule has 1 heterocycles. The average Bonchev–Trinajstić information content (AvgIpc) is 2.26. The molecule has 0 aliphatic carbocycles. The van der Waals surface area contributed by atoms with Crippen LogP contribution in [0, 0.1) is 0 Å². The number of anilines is 1. The Balaban J connectivity index is 2.49. The Morgan fingerprint density at radius 2 is 1.69 bits per heavy atom. The molecule has 0 unspecified atom stereocenters. The van der Waals surface area contributed by atoms with Gasteiger partial charge in [-0.3, -0.25) is 0 Å². The van der Waals surface area contributed by atoms with Crippen LogP contribution in [0.25, 0.3) is 6.08 Å². The van der Waals surface area contributed by atoms with Crippen LogP contribution in [-0.2, 0) is 0 Å². The zero-order chi connectivity index (χ0) is 11.8. The summed E-state index contributed by atoms with van der Waals surface area (Å²) in [6.45, 7) is 4.26. The molecule has 3 nitrogen and oxygen atoms in total. The van der Waals surface area contributed by atoms with Crippen LogP contribution in [0.1, 0.15) is 19.4 Å². The Hall–Kier alpha value is -1.64. The van der Waals surface area contributed by atoms with Crippen LogP contribution >= 0.6 is 0 Å². The van der Waals surface area contributed by atoms with Crippen molar-refractivity contribution in [3.8, 4) is 11.5 Å². The zero-order valence-electron chi connectivity index (χ0n) is 10.1. The third-order valence-corrected chi connectivity index (χ3v) is 2.69. The topological polar surface area (TPSA) is 30.5 Å². The SMILES string of the molecule is COc1cc2c(cc1OC)NC(C)(C)C=C2. The predicted molar refractivity (Wildman–Crippen MR) is 66.3 cm³/mol. The van der Waals surface area contributed by atoms with Gasteiger partial charge in [0.25, 0.3) is 0 Å². The predicted octanol–water partition coefficient (Wildman–Crippen LogP) is 2.92. The van der Waals surface area contributed by atoms with Gasteiger partial charge in [0.2, 0.25) is 0 Å². The number of rotatable bonds is 2. The second-order valence-corrected chi connectivity index (χ2v) is 4.47. The normalized spacial score (nSPS) is 16.2. The molecule has 0 amide bonds. The molecule has 0 aromatic heterocycles. The molecule has 1 aromatic rings. The molecule has 16 heavy (non-hydrogen) atoms. The lowest BCUT2D eigenvalue weighted by Gasteiger charge is -2.29. The van der Waals surface area contributed by atoms with Gasteiger partial charge in [0.05, 0.1) is 19.8 Å². The number of hydrogen-bond acceptors (Lipinski definition) is 3. The molecular formula is C13H17NO2. The van der Waals surface area contributed by atoms with Gasteiger partial charge in [-0.2, -0.15) is 0 Å². The van der Waals surface area contributed by atoms with Crippen LogP contribution in [-0.4, -0.2) is 19.8 Å². The van der Waals surface area contributed by atoms with Crippen molar-refractivity contribution in [3.05, 3.63) is 23.8 Å². The van der Waals surface area contributed by atoms with Crippen molar-refractivity contribution in [3.63, 3.8) is 0 Å². The van der Waals surface area contributed by atoms with Gasteiger partial charge < -0.3 is 14.8 Å². The summed E-state index contributed by atoms with van der Waals surface area (Å²) in [6.07, 6.45) is 4.25. The van der Waals surface area contributed by atoms with Crippen LogP contribution < -0.4 is 14.8 Å². The van der Waals surface area contributed by atoms with Crippen LogP contribution in [0.4, 0.5) is 5.69 Å². The van der Waals surface area contributed by atoms with Gasteiger partial charge in [0.15, 0.2) is 11.5 Å². The Labute approximate surface area is 96.1 Å². The molecule has 2 rings (SSSR count). The molecule has 0 saturated carbocycles. The van der Waals surface area contributed by atoms with Crippen molar-refractivity contribution < 1.29 is 9.47 Å². The first-order valence-corrected chi connectivity index (χ1v) is 5.29. The molecule has 1 aliphatic heterocycles. The molecule has 86 valence electrons. The maximum absolute atomic E-state index is 5.28. The monoisotopic (exact) mass is 219 g/mol. The minimum Gasteiger partial charge on any atom is -0.493 e. The molecule has 1 aromatic carbocycles. The van der Waals surface area contributed by atoms with Crippen LogP contribution in [0.5, 0.6) is 11.5 Å². The van der Waals surface area contributed by atoms with Crippen LogP contribution in [0.2, 0.25) is 0 Å². The number of benzene rings is 1. The van der Waals surface area contributed by atoms with Crippen LogP contribution in [0.3, 0.4) is 0 Å². The summed E-state index contributed by atoms with van der Waals surface area (Å²) in [7, 11) is 3.29. The molecule has 0 spiro atoms. The Morgan fingerprint density at radius 3 is 2.31 bits per heavy atom. The van der Waals surface area contributed by atoms with Gasteiger partial charge in [-0.25, -0.2) is 0 Å². The van der Waals surface area contributed by atoms with E-state index in [0.717, 1.165) is 22.7 Å². The van der Waals surface area contributed by atoms with Gasteiger partial charge in [0, 0.05) is 17.3 Å². The van der Waals surface area contributed by atoms with E-state index in [1.165, 1.54) is 0 Å². The van der Waals surface area contributed by atoms with Crippen molar-refractivity contribution in [2.24, 2.45) is 0 Å². The smallest absolute Gasteiger partial charge is 0.162 e. The highest BCUT2D eigenvalue weighted by atomic mass is 16.5. The maximum Gasteiger partial charge on any atom is 0.162 e. The van der Waals surface area contributed by atoms with E-state index in [1.807, 2.05) is 12.1 Å². The second-order valence-electron chi connectivity index (χ2n) is 4.47. The molecule has 0 atom stereocenters. The number of fused-ring (bicyclic) bond motifs is 1. The fourth-order valence-corrected chi connectivity index (χ4v) is 1.83. The summed E-state index contributed by atoms with van der Waals surface area (Å²) < 4.78 is 10.5. The lowest BCUT2D eigenvalue weighted by molar-refractivity contribution is 0.355. The highest BCUT2D eigenvalue weighted by Gasteiger charge is 2.20. The number of ether oxygens (including phenoxy) is 2. The zero-order valence-corrected chi connectivity index (χ0v) is 10.1. The molecule has 0 radical (unpaired) electrons. The maximum atomic E-state index is 5.28. The lowest BCUT2D eigenvalue weighted by Crippen LogP contribution is -2.30. The van der Waals surface area contributed by atoms with Crippen molar-refractivity contribution in [1.82, 2.24) is 0 Å². The third-order valence-electron chi connectivity index (χ3n) is 2.69. The highest BCUT2D eigenvalue weighted by Crippen LogP contribution is 2.37. The summed E-state index contributed by atoms with van der Waals surface area (Å²) >= 11 is 0. The van der Waals surface area contributed by atoms with Crippen molar-refractivity contribution in [2.45, 2.75) is 19.4 Å². The van der Waals surface area contributed by atoms with E-state index in [9.17, 15) is 0 Å². The largest absolute Gasteiger partial charge is 0.493 e. The Bertz CT molecular complexity index is 436. The summed E-state index contributed by atoms with van der Waals surface area (Å²) in [5, 5.41) is 3.44. The molecule has 0 fully saturated rings. The second kappa shape index (κ2) is 3.74. The third kappa shape index (κ3) is 1.85. The fraction of sp³-hybridized carbons (Fsp3) is 0.385. The lowest BCUT2D eigenvalue weighted by atomic mass is 9.96. The Kier molecular flexibility index (Phi) is 2.54. The number of nitrogens with one attached hydrogen (secondary N) is 1. The van der Waals surface area contributed by atoms with E-state index in [2.05, 4.69) is 31.3 Å². The van der Waals surface area contributed by atoms with E-state index >= 15 is 0 Å². The van der Waals surface area contributed by atoms with Gasteiger partial charge in [-0.1, -0.05) is 12.2 Å². The molecule has 3 heteroatoms. The average molecular weight is 219 g/mol. The molecule has 1 N–H and O–H groups in total. The minimum absolute atomic E-state index is 0.0212. The first kappa shape index (κ1) is 10.9. The molecular weight excluding hydrogens is 202 g/mol. The summed E-state index contributed by atoms with van der Waals surface area (Å²) in [4.78, 5) is 0. The van der Waals surface area contributed by atoms with E-state index in [1.54, 1.807) is 14.2 Å². The number of methoxy groups -OCH3 is 2. The van der Waals surface area contributed by atoms with E-state index in [-0.39, 0.29) is 5.54 Å². The van der Waals surface area contributed by atoms with E-state index in [4.69, 9.17) is 9.47 Å². The quantitative estimate of drug-likeness (QED) is 0.829. The van der Waals surface area contributed by atoms with E-state index < -0.39 is 0 Å². The van der Waals surface area contributed by atoms with Gasteiger partial charge in [-0.15, -0.1) is 0 Å². The van der Waals surface area contributed by atoms with Gasteiger partial charge in [-0.05, 0) is 19.9 Å². The summed E-state index contributed by atoms with van der Waals surface area (Å²) in [6, 6.07) is 3.95. The first-order valence-electron chi connectivity index (χ1n) is 5.29. The van der Waals surface area contributed by atoms with E-state index in [0.29, 0.717) is 0 Å². The van der Waals surface area contributed by atoms with Crippen molar-refractivity contribution in [2.75, 3.05) is 19.5 Å². The highest BCUT2D eigenvalue weighted by molar-refractivity contribution is 5.75. The van der Waals surface area contributed by atoms with Gasteiger partial charge >= 0.3 is 0 Å². The van der Waals surface area contributed by atoms with Crippen LogP contribution in [0.15, 0.2) is 18.2 Å².